The first-order valence-corrected chi connectivity index (χ1v) is 7.49. The summed E-state index contributed by atoms with van der Waals surface area (Å²) in [7, 11) is 2.02. The molecule has 1 saturated carbocycles. The Labute approximate surface area is 112 Å². The molecule has 5 heteroatoms. The third kappa shape index (κ3) is 3.59. The molecule has 2 rings (SSSR count). The summed E-state index contributed by atoms with van der Waals surface area (Å²) in [5.74, 6) is 0. The standard InChI is InChI=1S/C13H21N3OS/c1-9-8-12(17)16-13(15-9)18-11-7-5-3-4-6-10(11)14-2/h8,10-11,14H,3-7H2,1-2H3,(H,15,16,17). The summed E-state index contributed by atoms with van der Waals surface area (Å²) in [6.45, 7) is 1.86. The summed E-state index contributed by atoms with van der Waals surface area (Å²) < 4.78 is 0. The van der Waals surface area contributed by atoms with E-state index in [4.69, 9.17) is 0 Å². The number of hydrogen-bond donors (Lipinski definition) is 2. The second kappa shape index (κ2) is 6.38. The van der Waals surface area contributed by atoms with Crippen molar-refractivity contribution >= 4 is 11.8 Å². The highest BCUT2D eigenvalue weighted by Gasteiger charge is 2.24. The van der Waals surface area contributed by atoms with Crippen LogP contribution in [0.25, 0.3) is 0 Å². The highest BCUT2D eigenvalue weighted by molar-refractivity contribution is 7.99. The number of aryl methyl sites for hydroxylation is 1. The van der Waals surface area contributed by atoms with Gasteiger partial charge in [0.25, 0.3) is 5.56 Å². The Kier molecular flexibility index (Phi) is 4.83. The summed E-state index contributed by atoms with van der Waals surface area (Å²) in [6.07, 6.45) is 6.28. The minimum atomic E-state index is -0.0559. The van der Waals surface area contributed by atoms with Gasteiger partial charge >= 0.3 is 0 Å². The topological polar surface area (TPSA) is 57.8 Å². The van der Waals surface area contributed by atoms with Crippen LogP contribution in [-0.2, 0) is 0 Å². The van der Waals surface area contributed by atoms with Crippen LogP contribution < -0.4 is 10.9 Å². The Balaban J connectivity index is 2.12. The van der Waals surface area contributed by atoms with Gasteiger partial charge in [0.2, 0.25) is 0 Å². The van der Waals surface area contributed by atoms with Crippen molar-refractivity contribution < 1.29 is 0 Å². The zero-order chi connectivity index (χ0) is 13.0. The van der Waals surface area contributed by atoms with E-state index >= 15 is 0 Å². The average Bonchev–Trinajstić information content (AvgIpc) is 2.52. The molecule has 1 aliphatic carbocycles. The van der Waals surface area contributed by atoms with Gasteiger partial charge in [-0.3, -0.25) is 4.79 Å². The van der Waals surface area contributed by atoms with Crippen LogP contribution >= 0.6 is 11.8 Å². The number of hydrogen-bond acceptors (Lipinski definition) is 4. The highest BCUT2D eigenvalue weighted by atomic mass is 32.2. The quantitative estimate of drug-likeness (QED) is 0.650. The van der Waals surface area contributed by atoms with Crippen molar-refractivity contribution in [1.29, 1.82) is 0 Å². The van der Waals surface area contributed by atoms with Gasteiger partial charge in [0.1, 0.15) is 0 Å². The lowest BCUT2D eigenvalue weighted by molar-refractivity contribution is 0.509. The van der Waals surface area contributed by atoms with Crippen LogP contribution in [0, 0.1) is 6.92 Å². The van der Waals surface area contributed by atoms with E-state index in [2.05, 4.69) is 15.3 Å². The number of nitrogens with zero attached hydrogens (tertiary/aromatic N) is 1. The Morgan fingerprint density at radius 1 is 1.39 bits per heavy atom. The molecule has 2 atom stereocenters. The molecule has 18 heavy (non-hydrogen) atoms. The minimum absolute atomic E-state index is 0.0559. The van der Waals surface area contributed by atoms with E-state index in [1.807, 2.05) is 14.0 Å². The molecule has 0 saturated heterocycles. The van der Waals surface area contributed by atoms with Gasteiger partial charge in [-0.05, 0) is 26.8 Å². The molecule has 4 nitrogen and oxygen atoms in total. The second-order valence-corrected chi connectivity index (χ2v) is 6.11. The van der Waals surface area contributed by atoms with E-state index in [0.29, 0.717) is 11.3 Å². The van der Waals surface area contributed by atoms with Crippen molar-refractivity contribution in [2.75, 3.05) is 7.05 Å². The van der Waals surface area contributed by atoms with Crippen LogP contribution in [0.5, 0.6) is 0 Å². The Morgan fingerprint density at radius 2 is 2.17 bits per heavy atom. The fourth-order valence-electron chi connectivity index (χ4n) is 2.50. The van der Waals surface area contributed by atoms with E-state index < -0.39 is 0 Å². The molecule has 0 amide bonds. The molecule has 0 aromatic carbocycles. The summed E-state index contributed by atoms with van der Waals surface area (Å²) >= 11 is 1.71. The van der Waals surface area contributed by atoms with E-state index in [0.717, 1.165) is 10.9 Å². The lowest BCUT2D eigenvalue weighted by Gasteiger charge is -2.23. The molecule has 2 unspecified atom stereocenters. The van der Waals surface area contributed by atoms with Crippen LogP contribution in [0.4, 0.5) is 0 Å². The van der Waals surface area contributed by atoms with Crippen LogP contribution in [0.15, 0.2) is 16.0 Å². The number of aromatic nitrogens is 2. The summed E-state index contributed by atoms with van der Waals surface area (Å²) in [5.41, 5.74) is 0.732. The van der Waals surface area contributed by atoms with Gasteiger partial charge in [-0.2, -0.15) is 0 Å². The van der Waals surface area contributed by atoms with Gasteiger partial charge in [-0.25, -0.2) is 4.98 Å². The number of rotatable bonds is 3. The normalized spacial score (nSPS) is 24.8. The molecule has 0 aliphatic heterocycles. The van der Waals surface area contributed by atoms with Gasteiger partial charge < -0.3 is 10.3 Å². The predicted molar refractivity (Wildman–Crippen MR) is 75.2 cm³/mol. The van der Waals surface area contributed by atoms with E-state index in [-0.39, 0.29) is 5.56 Å². The zero-order valence-corrected chi connectivity index (χ0v) is 11.8. The Morgan fingerprint density at radius 3 is 2.89 bits per heavy atom. The molecule has 1 fully saturated rings. The van der Waals surface area contributed by atoms with Crippen molar-refractivity contribution in [3.05, 3.63) is 22.1 Å². The third-order valence-corrected chi connectivity index (χ3v) is 4.72. The van der Waals surface area contributed by atoms with Crippen LogP contribution in [0.2, 0.25) is 0 Å². The van der Waals surface area contributed by atoms with Crippen molar-refractivity contribution in [2.45, 2.75) is 55.5 Å². The number of H-pyrrole nitrogens is 1. The van der Waals surface area contributed by atoms with Crippen molar-refractivity contribution in [3.63, 3.8) is 0 Å². The first-order chi connectivity index (χ1) is 8.69. The molecule has 0 radical (unpaired) electrons. The molecule has 1 heterocycles. The van der Waals surface area contributed by atoms with E-state index in [9.17, 15) is 4.79 Å². The molecule has 0 spiro atoms. The Bertz CT molecular complexity index is 446. The number of aromatic amines is 1. The largest absolute Gasteiger partial charge is 0.316 e. The zero-order valence-electron chi connectivity index (χ0n) is 11.0. The molecular weight excluding hydrogens is 246 g/mol. The molecule has 1 aromatic heterocycles. The van der Waals surface area contributed by atoms with Gasteiger partial charge in [0.05, 0.1) is 0 Å². The summed E-state index contributed by atoms with van der Waals surface area (Å²) in [5, 5.41) is 4.66. The fraction of sp³-hybridized carbons (Fsp3) is 0.692. The van der Waals surface area contributed by atoms with Gasteiger partial charge in [0.15, 0.2) is 5.16 Å². The van der Waals surface area contributed by atoms with Gasteiger partial charge in [0, 0.05) is 23.1 Å². The number of thioether (sulfide) groups is 1. The van der Waals surface area contributed by atoms with Gasteiger partial charge in [-0.1, -0.05) is 31.0 Å². The molecule has 100 valence electrons. The maximum Gasteiger partial charge on any atom is 0.251 e. The summed E-state index contributed by atoms with van der Waals surface area (Å²) in [4.78, 5) is 18.7. The second-order valence-electron chi connectivity index (χ2n) is 4.88. The SMILES string of the molecule is CNC1CCCCCC1Sc1nc(C)cc(=O)[nH]1. The smallest absolute Gasteiger partial charge is 0.251 e. The van der Waals surface area contributed by atoms with E-state index in [1.54, 1.807) is 11.8 Å². The molecule has 1 aliphatic rings. The van der Waals surface area contributed by atoms with Crippen molar-refractivity contribution in [2.24, 2.45) is 0 Å². The Hall–Kier alpha value is -0.810. The average molecular weight is 267 g/mol. The first-order valence-electron chi connectivity index (χ1n) is 6.61. The molecule has 0 bridgehead atoms. The van der Waals surface area contributed by atoms with Gasteiger partial charge in [-0.15, -0.1) is 0 Å². The third-order valence-electron chi connectivity index (χ3n) is 3.43. The summed E-state index contributed by atoms with van der Waals surface area (Å²) in [6, 6.07) is 2.05. The first kappa shape index (κ1) is 13.6. The van der Waals surface area contributed by atoms with Crippen LogP contribution in [0.1, 0.15) is 37.8 Å². The molecular formula is C13H21N3OS. The molecule has 1 aromatic rings. The lowest BCUT2D eigenvalue weighted by Crippen LogP contribution is -2.35. The van der Waals surface area contributed by atoms with Crippen molar-refractivity contribution in [3.8, 4) is 0 Å². The lowest BCUT2D eigenvalue weighted by atomic mass is 10.1. The minimum Gasteiger partial charge on any atom is -0.316 e. The number of nitrogens with one attached hydrogen (secondary N) is 2. The predicted octanol–water partition coefficient (Wildman–Crippen LogP) is 2.09. The monoisotopic (exact) mass is 267 g/mol. The van der Waals surface area contributed by atoms with Crippen LogP contribution in [-0.4, -0.2) is 28.3 Å². The fourth-order valence-corrected chi connectivity index (χ4v) is 3.86. The molecule has 2 N–H and O–H groups in total. The maximum atomic E-state index is 11.4. The van der Waals surface area contributed by atoms with Crippen LogP contribution in [0.3, 0.4) is 0 Å². The van der Waals surface area contributed by atoms with E-state index in [1.165, 1.54) is 38.2 Å². The maximum absolute atomic E-state index is 11.4. The van der Waals surface area contributed by atoms with Crippen molar-refractivity contribution in [1.82, 2.24) is 15.3 Å². The highest BCUT2D eigenvalue weighted by Crippen LogP contribution is 2.30.